The van der Waals surface area contributed by atoms with E-state index in [9.17, 15) is 4.79 Å². The van der Waals surface area contributed by atoms with Gasteiger partial charge in [0.15, 0.2) is 0 Å². The molecule has 2 rings (SSSR count). The fraction of sp³-hybridized carbons (Fsp3) is 0.417. The molecule has 1 aliphatic heterocycles. The van der Waals surface area contributed by atoms with Gasteiger partial charge in [0.2, 0.25) is 0 Å². The Balaban J connectivity index is 2.42. The third-order valence-corrected chi connectivity index (χ3v) is 2.77. The highest BCUT2D eigenvalue weighted by Crippen LogP contribution is 2.36. The lowest BCUT2D eigenvalue weighted by Gasteiger charge is -2.28. The Morgan fingerprint density at radius 2 is 2.25 bits per heavy atom. The summed E-state index contributed by atoms with van der Waals surface area (Å²) in [4.78, 5) is 11.5. The molecule has 0 bridgehead atoms. The first-order valence-corrected chi connectivity index (χ1v) is 5.50. The maximum absolute atomic E-state index is 11.5. The summed E-state index contributed by atoms with van der Waals surface area (Å²) >= 11 is 0. The van der Waals surface area contributed by atoms with Crippen molar-refractivity contribution in [1.82, 2.24) is 5.32 Å². The first kappa shape index (κ1) is 10.8. The third-order valence-electron chi connectivity index (χ3n) is 2.77. The van der Waals surface area contributed by atoms with Gasteiger partial charge in [-0.15, -0.1) is 0 Å². The number of hydrogen-bond acceptors (Lipinski definition) is 2. The highest BCUT2D eigenvalue weighted by molar-refractivity contribution is 5.94. The van der Waals surface area contributed by atoms with Crippen LogP contribution in [0.4, 0.5) is 10.5 Å². The van der Waals surface area contributed by atoms with E-state index in [4.69, 9.17) is 4.74 Å². The average molecular weight is 220 g/mol. The molecule has 1 unspecified atom stereocenters. The number of carbonyl (C=O) groups is 1. The third kappa shape index (κ3) is 1.83. The van der Waals surface area contributed by atoms with Crippen LogP contribution in [0.3, 0.4) is 0 Å². The van der Waals surface area contributed by atoms with Crippen LogP contribution in [0.5, 0.6) is 5.75 Å². The summed E-state index contributed by atoms with van der Waals surface area (Å²) in [7, 11) is 1.61. The number of amides is 2. The fourth-order valence-electron chi connectivity index (χ4n) is 2.04. The molecule has 1 aromatic rings. The van der Waals surface area contributed by atoms with E-state index in [2.05, 4.69) is 17.6 Å². The highest BCUT2D eigenvalue weighted by atomic mass is 16.5. The molecule has 2 amide bonds. The number of fused-ring (bicyclic) bond motifs is 1. The molecule has 0 aliphatic carbocycles. The number of urea groups is 1. The fourth-order valence-corrected chi connectivity index (χ4v) is 2.04. The van der Waals surface area contributed by atoms with E-state index in [1.807, 2.05) is 18.2 Å². The van der Waals surface area contributed by atoms with Crippen LogP contribution in [0.2, 0.25) is 0 Å². The number of ether oxygens (including phenoxy) is 1. The minimum Gasteiger partial charge on any atom is -0.495 e. The van der Waals surface area contributed by atoms with E-state index >= 15 is 0 Å². The zero-order valence-corrected chi connectivity index (χ0v) is 9.54. The summed E-state index contributed by atoms with van der Waals surface area (Å²) < 4.78 is 5.24. The van der Waals surface area contributed by atoms with Gasteiger partial charge < -0.3 is 15.4 Å². The molecule has 1 atom stereocenters. The lowest BCUT2D eigenvalue weighted by molar-refractivity contribution is 0.246. The SMILES string of the molecule is CCCC1NC(=O)Nc2c(OC)cccc21. The summed E-state index contributed by atoms with van der Waals surface area (Å²) in [5.41, 5.74) is 1.90. The summed E-state index contributed by atoms with van der Waals surface area (Å²) in [6, 6.07) is 5.75. The highest BCUT2D eigenvalue weighted by Gasteiger charge is 2.25. The molecule has 4 heteroatoms. The molecule has 0 spiro atoms. The van der Waals surface area contributed by atoms with Crippen LogP contribution < -0.4 is 15.4 Å². The van der Waals surface area contributed by atoms with Gasteiger partial charge in [-0.3, -0.25) is 0 Å². The van der Waals surface area contributed by atoms with Crippen LogP contribution in [-0.4, -0.2) is 13.1 Å². The van der Waals surface area contributed by atoms with Gasteiger partial charge in [-0.05, 0) is 12.5 Å². The van der Waals surface area contributed by atoms with E-state index in [0.29, 0.717) is 5.75 Å². The van der Waals surface area contributed by atoms with Crippen molar-refractivity contribution in [2.45, 2.75) is 25.8 Å². The molecule has 0 fully saturated rings. The standard InChI is InChI=1S/C12H16N2O2/c1-3-5-9-8-6-4-7-10(16-2)11(8)14-12(15)13-9/h4,6-7,9H,3,5H2,1-2H3,(H2,13,14,15). The average Bonchev–Trinajstić information content (AvgIpc) is 2.28. The maximum atomic E-state index is 11.5. The molecule has 4 nitrogen and oxygen atoms in total. The summed E-state index contributed by atoms with van der Waals surface area (Å²) in [5.74, 6) is 0.716. The van der Waals surface area contributed by atoms with Crippen LogP contribution in [0.15, 0.2) is 18.2 Å². The van der Waals surface area contributed by atoms with E-state index in [1.54, 1.807) is 7.11 Å². The van der Waals surface area contributed by atoms with Crippen LogP contribution in [0.25, 0.3) is 0 Å². The van der Waals surface area contributed by atoms with Crippen molar-refractivity contribution in [3.05, 3.63) is 23.8 Å². The molecule has 1 aromatic carbocycles. The quantitative estimate of drug-likeness (QED) is 0.822. The Bertz CT molecular complexity index is 404. The molecule has 16 heavy (non-hydrogen) atoms. The zero-order chi connectivity index (χ0) is 11.5. The molecular formula is C12H16N2O2. The zero-order valence-electron chi connectivity index (χ0n) is 9.54. The van der Waals surface area contributed by atoms with Crippen molar-refractivity contribution in [3.8, 4) is 5.75 Å². The van der Waals surface area contributed by atoms with Crippen molar-refractivity contribution < 1.29 is 9.53 Å². The largest absolute Gasteiger partial charge is 0.495 e. The van der Waals surface area contributed by atoms with Crippen LogP contribution in [-0.2, 0) is 0 Å². The van der Waals surface area contributed by atoms with Gasteiger partial charge >= 0.3 is 6.03 Å². The van der Waals surface area contributed by atoms with Crippen molar-refractivity contribution in [3.63, 3.8) is 0 Å². The van der Waals surface area contributed by atoms with Gasteiger partial charge in [-0.25, -0.2) is 4.79 Å². The van der Waals surface area contributed by atoms with Crippen molar-refractivity contribution in [2.24, 2.45) is 0 Å². The molecular weight excluding hydrogens is 204 g/mol. The van der Waals surface area contributed by atoms with Gasteiger partial charge in [0.1, 0.15) is 5.75 Å². The molecule has 1 aliphatic rings. The summed E-state index contributed by atoms with van der Waals surface area (Å²) in [6.07, 6.45) is 1.97. The molecule has 0 radical (unpaired) electrons. The molecule has 0 aromatic heterocycles. The number of nitrogens with one attached hydrogen (secondary N) is 2. The van der Waals surface area contributed by atoms with E-state index in [-0.39, 0.29) is 12.1 Å². The second-order valence-corrected chi connectivity index (χ2v) is 3.86. The van der Waals surface area contributed by atoms with Crippen LogP contribution >= 0.6 is 0 Å². The van der Waals surface area contributed by atoms with Crippen molar-refractivity contribution >= 4 is 11.7 Å². The number of anilines is 1. The molecule has 86 valence electrons. The van der Waals surface area contributed by atoms with E-state index < -0.39 is 0 Å². The number of hydrogen-bond donors (Lipinski definition) is 2. The smallest absolute Gasteiger partial charge is 0.319 e. The molecule has 1 heterocycles. The summed E-state index contributed by atoms with van der Waals surface area (Å²) in [6.45, 7) is 2.11. The first-order chi connectivity index (χ1) is 7.76. The minimum absolute atomic E-state index is 0.0869. The lowest BCUT2D eigenvalue weighted by Crippen LogP contribution is -2.37. The van der Waals surface area contributed by atoms with E-state index in [0.717, 1.165) is 24.1 Å². The lowest BCUT2D eigenvalue weighted by atomic mass is 9.98. The predicted molar refractivity (Wildman–Crippen MR) is 62.8 cm³/mol. The number of rotatable bonds is 3. The number of carbonyl (C=O) groups excluding carboxylic acids is 1. The number of methoxy groups -OCH3 is 1. The predicted octanol–water partition coefficient (Wildman–Crippen LogP) is 2.67. The molecule has 2 N–H and O–H groups in total. The van der Waals surface area contributed by atoms with Gasteiger partial charge in [0.25, 0.3) is 0 Å². The molecule has 0 saturated carbocycles. The van der Waals surface area contributed by atoms with Crippen LogP contribution in [0, 0.1) is 0 Å². The van der Waals surface area contributed by atoms with E-state index in [1.165, 1.54) is 0 Å². The number of benzene rings is 1. The van der Waals surface area contributed by atoms with Crippen molar-refractivity contribution in [1.29, 1.82) is 0 Å². The van der Waals surface area contributed by atoms with Gasteiger partial charge in [-0.1, -0.05) is 25.5 Å². The van der Waals surface area contributed by atoms with Gasteiger partial charge in [0.05, 0.1) is 18.8 Å². The minimum atomic E-state index is -0.157. The second kappa shape index (κ2) is 4.43. The Hall–Kier alpha value is -1.71. The maximum Gasteiger partial charge on any atom is 0.319 e. The Kier molecular flexibility index (Phi) is 2.99. The Morgan fingerprint density at radius 1 is 1.44 bits per heavy atom. The van der Waals surface area contributed by atoms with Crippen molar-refractivity contribution in [2.75, 3.05) is 12.4 Å². The normalized spacial score (nSPS) is 18.4. The first-order valence-electron chi connectivity index (χ1n) is 5.50. The second-order valence-electron chi connectivity index (χ2n) is 3.86. The topological polar surface area (TPSA) is 50.4 Å². The Morgan fingerprint density at radius 3 is 2.94 bits per heavy atom. The van der Waals surface area contributed by atoms with Gasteiger partial charge in [0, 0.05) is 5.56 Å². The van der Waals surface area contributed by atoms with Gasteiger partial charge in [-0.2, -0.15) is 0 Å². The Labute approximate surface area is 95.0 Å². The summed E-state index contributed by atoms with van der Waals surface area (Å²) in [5, 5.41) is 5.71. The molecule has 0 saturated heterocycles. The monoisotopic (exact) mass is 220 g/mol. The number of para-hydroxylation sites is 1. The van der Waals surface area contributed by atoms with Crippen LogP contribution in [0.1, 0.15) is 31.4 Å².